The van der Waals surface area contributed by atoms with Gasteiger partial charge in [0.15, 0.2) is 12.6 Å². The van der Waals surface area contributed by atoms with E-state index in [2.05, 4.69) is 0 Å². The number of carbonyl (C=O) groups is 2. The Labute approximate surface area is 232 Å². The minimum Gasteiger partial charge on any atom is -0.508 e. The van der Waals surface area contributed by atoms with E-state index in [9.17, 15) is 50.4 Å². The van der Waals surface area contributed by atoms with E-state index in [0.29, 0.717) is 0 Å². The van der Waals surface area contributed by atoms with E-state index in [1.807, 2.05) is 0 Å². The van der Waals surface area contributed by atoms with Crippen LogP contribution in [0.2, 0.25) is 0 Å². The molecule has 2 saturated heterocycles. The molecular weight excluding hydrogens is 552 g/mol. The number of aliphatic hydroxyl groups excluding tert-OH is 6. The Morgan fingerprint density at radius 2 is 0.902 bits per heavy atom. The molecule has 2 aliphatic rings. The highest BCUT2D eigenvalue weighted by molar-refractivity contribution is 5.90. The number of aromatic hydroxyl groups is 2. The molecule has 1 unspecified atom stereocenters. The quantitative estimate of drug-likeness (QED) is 0.153. The number of rotatable bonds is 8. The zero-order valence-corrected chi connectivity index (χ0v) is 21.2. The maximum atomic E-state index is 12.3. The molecule has 0 bridgehead atoms. The summed E-state index contributed by atoms with van der Waals surface area (Å²) in [7, 11) is 0. The second kappa shape index (κ2) is 13.1. The van der Waals surface area contributed by atoms with Gasteiger partial charge in [-0.3, -0.25) is 0 Å². The van der Waals surface area contributed by atoms with Crippen molar-refractivity contribution in [3.05, 3.63) is 59.7 Å². The van der Waals surface area contributed by atoms with Crippen LogP contribution in [-0.2, 0) is 23.7 Å². The van der Waals surface area contributed by atoms with Gasteiger partial charge in [-0.15, -0.1) is 0 Å². The van der Waals surface area contributed by atoms with Gasteiger partial charge in [0.25, 0.3) is 0 Å². The molecule has 4 rings (SSSR count). The number of aliphatic hydroxyl groups is 6. The van der Waals surface area contributed by atoms with Crippen LogP contribution in [-0.4, -0.2) is 127 Å². The molecule has 41 heavy (non-hydrogen) atoms. The van der Waals surface area contributed by atoms with Crippen molar-refractivity contribution in [1.29, 1.82) is 0 Å². The summed E-state index contributed by atoms with van der Waals surface area (Å²) in [6, 6.07) is 10.2. The van der Waals surface area contributed by atoms with Crippen LogP contribution in [0, 0.1) is 0 Å². The van der Waals surface area contributed by atoms with Gasteiger partial charge in [-0.05, 0) is 48.5 Å². The van der Waals surface area contributed by atoms with Crippen LogP contribution in [0.5, 0.6) is 11.5 Å². The summed E-state index contributed by atoms with van der Waals surface area (Å²) in [6.07, 6.45) is -17.4. The molecule has 15 nitrogen and oxygen atoms in total. The van der Waals surface area contributed by atoms with Gasteiger partial charge in [0, 0.05) is 0 Å². The Balaban J connectivity index is 1.38. The predicted octanol–water partition coefficient (Wildman–Crippen LogP) is -2.26. The van der Waals surface area contributed by atoms with E-state index < -0.39 is 86.6 Å². The summed E-state index contributed by atoms with van der Waals surface area (Å²) < 4.78 is 26.6. The maximum absolute atomic E-state index is 12.3. The van der Waals surface area contributed by atoms with Gasteiger partial charge >= 0.3 is 11.9 Å². The summed E-state index contributed by atoms with van der Waals surface area (Å²) in [5.74, 6) is -1.84. The van der Waals surface area contributed by atoms with Crippen LogP contribution in [0.1, 0.15) is 20.7 Å². The van der Waals surface area contributed by atoms with Gasteiger partial charge in [-0.2, -0.15) is 0 Å². The first-order chi connectivity index (χ1) is 19.5. The van der Waals surface area contributed by atoms with Crippen molar-refractivity contribution in [2.24, 2.45) is 0 Å². The van der Waals surface area contributed by atoms with Crippen LogP contribution in [0.15, 0.2) is 48.5 Å². The standard InChI is InChI=1S/C26H30O15/c27-13-5-1-11(2-6-13)23(35)37-9-15-17(29)19(31)21(33)25(39-15)41-26-22(34)20(32)18(30)16(40-26)10-38-24(36)12-3-7-14(28)8-4-12/h1-8,15-22,25-34H,9-10H2/t15-,16-,17-,18-,19+,20+,21-,22-,25-,26?/m1/s1. The Morgan fingerprint density at radius 3 is 1.24 bits per heavy atom. The summed E-state index contributed by atoms with van der Waals surface area (Å²) >= 11 is 0. The first-order valence-corrected chi connectivity index (χ1v) is 12.4. The normalized spacial score (nSPS) is 33.6. The Morgan fingerprint density at radius 1 is 0.561 bits per heavy atom. The van der Waals surface area contributed by atoms with Crippen molar-refractivity contribution < 1.29 is 74.1 Å². The van der Waals surface area contributed by atoms with Crippen LogP contribution < -0.4 is 0 Å². The molecule has 15 heteroatoms. The molecule has 8 N–H and O–H groups in total. The van der Waals surface area contributed by atoms with Crippen molar-refractivity contribution >= 4 is 11.9 Å². The molecule has 2 aromatic rings. The summed E-state index contributed by atoms with van der Waals surface area (Å²) in [5, 5.41) is 80.8. The summed E-state index contributed by atoms with van der Waals surface area (Å²) in [6.45, 7) is -1.20. The average molecular weight is 583 g/mol. The molecule has 0 aliphatic carbocycles. The fourth-order valence-corrected chi connectivity index (χ4v) is 4.14. The molecule has 0 spiro atoms. The molecule has 10 atom stereocenters. The predicted molar refractivity (Wildman–Crippen MR) is 131 cm³/mol. The molecular formula is C26H30O15. The van der Waals surface area contributed by atoms with Crippen LogP contribution in [0.25, 0.3) is 0 Å². The number of phenolic OH excluding ortho intramolecular Hbond substituents is 2. The SMILES string of the molecule is O=C(OC[C@H]1O[C@H](OC2O[C@H](COC(=O)c3ccc(O)cc3)[C@@H](O)[C@H](O)[C@H]2O)[C@H](O)[C@@H](O)[C@@H]1O)c1ccc(O)cc1. The van der Waals surface area contributed by atoms with E-state index in [1.165, 1.54) is 48.5 Å². The van der Waals surface area contributed by atoms with E-state index in [4.69, 9.17) is 23.7 Å². The molecule has 2 heterocycles. The molecule has 2 aromatic carbocycles. The number of benzene rings is 2. The second-order valence-electron chi connectivity index (χ2n) is 9.46. The van der Waals surface area contributed by atoms with Gasteiger partial charge in [0.1, 0.15) is 73.5 Å². The van der Waals surface area contributed by atoms with Gasteiger partial charge in [-0.1, -0.05) is 0 Å². The van der Waals surface area contributed by atoms with Gasteiger partial charge in [0.05, 0.1) is 11.1 Å². The lowest BCUT2D eigenvalue weighted by Gasteiger charge is -2.44. The fourth-order valence-electron chi connectivity index (χ4n) is 4.14. The van der Waals surface area contributed by atoms with Gasteiger partial charge < -0.3 is 64.5 Å². The molecule has 224 valence electrons. The topological polar surface area (TPSA) is 242 Å². The molecule has 2 fully saturated rings. The Kier molecular flexibility index (Phi) is 9.75. The zero-order valence-electron chi connectivity index (χ0n) is 21.2. The van der Waals surface area contributed by atoms with E-state index in [0.717, 1.165) is 0 Å². The highest BCUT2D eigenvalue weighted by Gasteiger charge is 2.50. The second-order valence-corrected chi connectivity index (χ2v) is 9.46. The van der Waals surface area contributed by atoms with Crippen molar-refractivity contribution in [3.8, 4) is 11.5 Å². The average Bonchev–Trinajstić information content (AvgIpc) is 2.96. The highest BCUT2D eigenvalue weighted by atomic mass is 16.8. The van der Waals surface area contributed by atoms with Crippen molar-refractivity contribution in [2.75, 3.05) is 13.2 Å². The minimum atomic E-state index is -1.89. The first kappa shape index (κ1) is 30.6. The van der Waals surface area contributed by atoms with Crippen LogP contribution in [0.4, 0.5) is 0 Å². The van der Waals surface area contributed by atoms with Crippen molar-refractivity contribution in [1.82, 2.24) is 0 Å². The molecule has 0 amide bonds. The number of esters is 2. The number of carbonyl (C=O) groups excluding carboxylic acids is 2. The number of hydrogen-bond acceptors (Lipinski definition) is 15. The third-order valence-corrected chi connectivity index (χ3v) is 6.57. The van der Waals surface area contributed by atoms with E-state index in [1.54, 1.807) is 0 Å². The Hall–Kier alpha value is -3.38. The number of ether oxygens (including phenoxy) is 5. The minimum absolute atomic E-state index is 0.0740. The summed E-state index contributed by atoms with van der Waals surface area (Å²) in [5.41, 5.74) is 0.148. The monoisotopic (exact) mass is 582 g/mol. The third-order valence-electron chi connectivity index (χ3n) is 6.57. The number of hydrogen-bond donors (Lipinski definition) is 8. The lowest BCUT2D eigenvalue weighted by Crippen LogP contribution is -2.64. The van der Waals surface area contributed by atoms with E-state index >= 15 is 0 Å². The van der Waals surface area contributed by atoms with E-state index in [-0.39, 0.29) is 22.6 Å². The summed E-state index contributed by atoms with van der Waals surface area (Å²) in [4.78, 5) is 24.5. The molecule has 2 aliphatic heterocycles. The molecule has 0 radical (unpaired) electrons. The van der Waals surface area contributed by atoms with Crippen LogP contribution >= 0.6 is 0 Å². The Bertz CT molecular complexity index is 1080. The van der Waals surface area contributed by atoms with Crippen molar-refractivity contribution in [2.45, 2.75) is 61.4 Å². The third kappa shape index (κ3) is 7.10. The fraction of sp³-hybridized carbons (Fsp3) is 0.462. The first-order valence-electron chi connectivity index (χ1n) is 12.4. The lowest BCUT2D eigenvalue weighted by atomic mass is 9.98. The van der Waals surface area contributed by atoms with Gasteiger partial charge in [0.2, 0.25) is 0 Å². The smallest absolute Gasteiger partial charge is 0.338 e. The zero-order chi connectivity index (χ0) is 29.8. The lowest BCUT2D eigenvalue weighted by molar-refractivity contribution is -0.376. The molecule has 0 saturated carbocycles. The largest absolute Gasteiger partial charge is 0.508 e. The number of phenols is 2. The molecule has 0 aromatic heterocycles. The van der Waals surface area contributed by atoms with Crippen molar-refractivity contribution in [3.63, 3.8) is 0 Å². The maximum Gasteiger partial charge on any atom is 0.338 e. The highest BCUT2D eigenvalue weighted by Crippen LogP contribution is 2.29. The van der Waals surface area contributed by atoms with Gasteiger partial charge in [-0.25, -0.2) is 9.59 Å². The van der Waals surface area contributed by atoms with Crippen LogP contribution in [0.3, 0.4) is 0 Å².